The van der Waals surface area contributed by atoms with Gasteiger partial charge in [-0.2, -0.15) is 8.42 Å². The molecule has 0 saturated heterocycles. The van der Waals surface area contributed by atoms with Gasteiger partial charge in [-0.15, -0.1) is 0 Å². The Morgan fingerprint density at radius 1 is 1.47 bits per heavy atom. The lowest BCUT2D eigenvalue weighted by Gasteiger charge is -2.12. The largest absolute Gasteiger partial charge is 0.398 e. The molecule has 0 aromatic heterocycles. The molecule has 1 atom stereocenters. The molecule has 0 amide bonds. The minimum Gasteiger partial charge on any atom is -0.398 e. The standard InChI is InChI=1S/C9H13NO4S/c1-15(12,13)14-6-9(11)7-4-2-3-5-8(7)10/h2-5,9,11H,6,10H2,1H3. The second-order valence-corrected chi connectivity index (χ2v) is 4.78. The van der Waals surface area contributed by atoms with Crippen molar-refractivity contribution in [1.29, 1.82) is 0 Å². The third-order valence-corrected chi connectivity index (χ3v) is 2.36. The van der Waals surface area contributed by atoms with Gasteiger partial charge in [0.05, 0.1) is 12.9 Å². The van der Waals surface area contributed by atoms with Crippen LogP contribution in [0.2, 0.25) is 0 Å². The zero-order chi connectivity index (χ0) is 11.5. The number of nitrogens with two attached hydrogens (primary N) is 1. The Bertz CT molecular complexity index is 429. The van der Waals surface area contributed by atoms with Crippen molar-refractivity contribution in [3.05, 3.63) is 29.8 Å². The van der Waals surface area contributed by atoms with Crippen LogP contribution < -0.4 is 5.73 Å². The Hall–Kier alpha value is -1.11. The molecule has 15 heavy (non-hydrogen) atoms. The summed E-state index contributed by atoms with van der Waals surface area (Å²) in [5.41, 5.74) is 6.46. The monoisotopic (exact) mass is 231 g/mol. The molecule has 1 aromatic rings. The molecule has 0 radical (unpaired) electrons. The van der Waals surface area contributed by atoms with E-state index >= 15 is 0 Å². The van der Waals surface area contributed by atoms with Gasteiger partial charge in [-0.05, 0) is 6.07 Å². The Balaban J connectivity index is 2.70. The van der Waals surface area contributed by atoms with Crippen LogP contribution in [0.25, 0.3) is 0 Å². The van der Waals surface area contributed by atoms with Gasteiger partial charge in [-0.3, -0.25) is 4.18 Å². The second-order valence-electron chi connectivity index (χ2n) is 3.13. The van der Waals surface area contributed by atoms with E-state index in [1.807, 2.05) is 0 Å². The van der Waals surface area contributed by atoms with Gasteiger partial charge >= 0.3 is 0 Å². The molecule has 5 nitrogen and oxygen atoms in total. The Kier molecular flexibility index (Phi) is 3.67. The molecule has 0 aliphatic carbocycles. The van der Waals surface area contributed by atoms with Crippen LogP contribution >= 0.6 is 0 Å². The van der Waals surface area contributed by atoms with E-state index in [0.29, 0.717) is 11.3 Å². The fourth-order valence-corrected chi connectivity index (χ4v) is 1.47. The van der Waals surface area contributed by atoms with Crippen molar-refractivity contribution in [3.63, 3.8) is 0 Å². The summed E-state index contributed by atoms with van der Waals surface area (Å²) in [7, 11) is -3.54. The highest BCUT2D eigenvalue weighted by molar-refractivity contribution is 7.85. The third-order valence-electron chi connectivity index (χ3n) is 1.79. The molecule has 6 heteroatoms. The maximum absolute atomic E-state index is 10.7. The number of anilines is 1. The summed E-state index contributed by atoms with van der Waals surface area (Å²) in [6, 6.07) is 6.67. The number of para-hydroxylation sites is 1. The first kappa shape index (κ1) is 12.0. The molecule has 3 N–H and O–H groups in total. The molecule has 0 aliphatic heterocycles. The van der Waals surface area contributed by atoms with Crippen LogP contribution in [0.15, 0.2) is 24.3 Å². The lowest BCUT2D eigenvalue weighted by Crippen LogP contribution is -2.13. The Morgan fingerprint density at radius 2 is 2.07 bits per heavy atom. The van der Waals surface area contributed by atoms with Gasteiger partial charge in [0.2, 0.25) is 0 Å². The van der Waals surface area contributed by atoms with Crippen LogP contribution in [0.3, 0.4) is 0 Å². The van der Waals surface area contributed by atoms with Gasteiger partial charge in [0.25, 0.3) is 10.1 Å². The summed E-state index contributed by atoms with van der Waals surface area (Å²) >= 11 is 0. The number of aliphatic hydroxyl groups excluding tert-OH is 1. The second kappa shape index (κ2) is 4.61. The molecule has 0 heterocycles. The van der Waals surface area contributed by atoms with Gasteiger partial charge in [0.15, 0.2) is 0 Å². The summed E-state index contributed by atoms with van der Waals surface area (Å²) < 4.78 is 25.8. The summed E-state index contributed by atoms with van der Waals surface area (Å²) in [6.45, 7) is -0.326. The zero-order valence-corrected chi connectivity index (χ0v) is 9.07. The molecular formula is C9H13NO4S. The lowest BCUT2D eigenvalue weighted by molar-refractivity contribution is 0.112. The van der Waals surface area contributed by atoms with E-state index in [4.69, 9.17) is 5.73 Å². The van der Waals surface area contributed by atoms with Gasteiger partial charge in [-0.1, -0.05) is 18.2 Å². The molecule has 1 rings (SSSR count). The van der Waals surface area contributed by atoms with Gasteiger partial charge in [-0.25, -0.2) is 0 Å². The molecule has 1 aromatic carbocycles. The molecule has 0 bridgehead atoms. The average Bonchev–Trinajstić information content (AvgIpc) is 2.14. The molecule has 1 unspecified atom stereocenters. The van der Waals surface area contributed by atoms with Crippen molar-refractivity contribution in [2.45, 2.75) is 6.10 Å². The smallest absolute Gasteiger partial charge is 0.264 e. The van der Waals surface area contributed by atoms with Crippen LogP contribution in [0.1, 0.15) is 11.7 Å². The van der Waals surface area contributed by atoms with Crippen molar-refractivity contribution in [2.24, 2.45) is 0 Å². The van der Waals surface area contributed by atoms with E-state index in [0.717, 1.165) is 6.26 Å². The quantitative estimate of drug-likeness (QED) is 0.573. The molecule has 84 valence electrons. The summed E-state index contributed by atoms with van der Waals surface area (Å²) in [6.07, 6.45) is -0.116. The number of benzene rings is 1. The van der Waals surface area contributed by atoms with E-state index in [9.17, 15) is 13.5 Å². The minimum absolute atomic E-state index is 0.326. The average molecular weight is 231 g/mol. The van der Waals surface area contributed by atoms with Crippen LogP contribution in [0.4, 0.5) is 5.69 Å². The highest BCUT2D eigenvalue weighted by Crippen LogP contribution is 2.20. The highest BCUT2D eigenvalue weighted by Gasteiger charge is 2.13. The van der Waals surface area contributed by atoms with E-state index in [-0.39, 0.29) is 6.61 Å². The van der Waals surface area contributed by atoms with Crippen molar-refractivity contribution < 1.29 is 17.7 Å². The molecule has 0 saturated carbocycles. The van der Waals surface area contributed by atoms with Crippen LogP contribution in [-0.2, 0) is 14.3 Å². The fraction of sp³-hybridized carbons (Fsp3) is 0.333. The van der Waals surface area contributed by atoms with Crippen molar-refractivity contribution in [1.82, 2.24) is 0 Å². The molecule has 0 spiro atoms. The first-order valence-electron chi connectivity index (χ1n) is 4.27. The van der Waals surface area contributed by atoms with Gasteiger partial charge in [0.1, 0.15) is 6.10 Å². The zero-order valence-electron chi connectivity index (χ0n) is 8.25. The van der Waals surface area contributed by atoms with E-state index in [1.54, 1.807) is 24.3 Å². The summed E-state index contributed by atoms with van der Waals surface area (Å²) in [5, 5.41) is 9.60. The van der Waals surface area contributed by atoms with E-state index in [1.165, 1.54) is 0 Å². The molecular weight excluding hydrogens is 218 g/mol. The molecule has 0 aliphatic rings. The first-order chi connectivity index (χ1) is 6.90. The number of rotatable bonds is 4. The van der Waals surface area contributed by atoms with Crippen molar-refractivity contribution in [3.8, 4) is 0 Å². The normalized spacial score (nSPS) is 13.7. The molecule has 0 fully saturated rings. The number of hydrogen-bond acceptors (Lipinski definition) is 5. The summed E-state index contributed by atoms with van der Waals surface area (Å²) in [5.74, 6) is 0. The fourth-order valence-electron chi connectivity index (χ4n) is 1.09. The SMILES string of the molecule is CS(=O)(=O)OCC(O)c1ccccc1N. The minimum atomic E-state index is -3.54. The Labute approximate surface area is 88.6 Å². The maximum atomic E-state index is 10.7. The first-order valence-corrected chi connectivity index (χ1v) is 6.08. The van der Waals surface area contributed by atoms with Gasteiger partial charge in [0, 0.05) is 11.3 Å². The predicted molar refractivity (Wildman–Crippen MR) is 56.6 cm³/mol. The third kappa shape index (κ3) is 3.86. The predicted octanol–water partition coefficient (Wildman–Crippen LogP) is 0.278. The van der Waals surface area contributed by atoms with Crippen LogP contribution in [0, 0.1) is 0 Å². The van der Waals surface area contributed by atoms with E-state index < -0.39 is 16.2 Å². The highest BCUT2D eigenvalue weighted by atomic mass is 32.2. The topological polar surface area (TPSA) is 89.6 Å². The number of hydrogen-bond donors (Lipinski definition) is 2. The van der Waals surface area contributed by atoms with E-state index in [2.05, 4.69) is 4.18 Å². The van der Waals surface area contributed by atoms with Crippen molar-refractivity contribution in [2.75, 3.05) is 18.6 Å². The Morgan fingerprint density at radius 3 is 2.60 bits per heavy atom. The van der Waals surface area contributed by atoms with Crippen LogP contribution in [-0.4, -0.2) is 26.4 Å². The summed E-state index contributed by atoms with van der Waals surface area (Å²) in [4.78, 5) is 0. The maximum Gasteiger partial charge on any atom is 0.264 e. The number of nitrogen functional groups attached to an aromatic ring is 1. The van der Waals surface area contributed by atoms with Crippen molar-refractivity contribution >= 4 is 15.8 Å². The van der Waals surface area contributed by atoms with Crippen LogP contribution in [0.5, 0.6) is 0 Å². The van der Waals surface area contributed by atoms with Gasteiger partial charge < -0.3 is 10.8 Å². The number of aliphatic hydroxyl groups is 1. The lowest BCUT2D eigenvalue weighted by atomic mass is 10.1.